The van der Waals surface area contributed by atoms with Gasteiger partial charge in [-0.2, -0.15) is 0 Å². The molecular formula is C16H25NO3. The maximum absolute atomic E-state index is 11.7. The third kappa shape index (κ3) is 7.14. The van der Waals surface area contributed by atoms with E-state index in [2.05, 4.69) is 19.2 Å². The van der Waals surface area contributed by atoms with Gasteiger partial charge >= 0.3 is 0 Å². The van der Waals surface area contributed by atoms with Crippen LogP contribution in [-0.2, 0) is 4.79 Å². The van der Waals surface area contributed by atoms with E-state index < -0.39 is 5.60 Å². The number of hydrogen-bond donors (Lipinski definition) is 2. The number of aliphatic hydroxyl groups is 1. The van der Waals surface area contributed by atoms with Crippen LogP contribution >= 0.6 is 0 Å². The molecule has 0 saturated carbocycles. The zero-order chi connectivity index (χ0) is 15.0. The van der Waals surface area contributed by atoms with Crippen molar-refractivity contribution in [3.8, 4) is 5.75 Å². The summed E-state index contributed by atoms with van der Waals surface area (Å²) in [6, 6.07) is 9.19. The summed E-state index contributed by atoms with van der Waals surface area (Å²) < 4.78 is 5.34. The highest BCUT2D eigenvalue weighted by Gasteiger charge is 2.21. The molecule has 0 heterocycles. The molecule has 112 valence electrons. The Morgan fingerprint density at radius 1 is 1.35 bits per heavy atom. The molecular weight excluding hydrogens is 254 g/mol. The summed E-state index contributed by atoms with van der Waals surface area (Å²) >= 11 is 0. The molecule has 0 radical (unpaired) electrons. The number of carbonyl (C=O) groups excluding carboxylic acids is 1. The minimum absolute atomic E-state index is 0.0374. The van der Waals surface area contributed by atoms with Crippen molar-refractivity contribution >= 4 is 5.91 Å². The Kier molecular flexibility index (Phi) is 6.52. The van der Waals surface area contributed by atoms with Gasteiger partial charge < -0.3 is 15.2 Å². The fourth-order valence-corrected chi connectivity index (χ4v) is 1.69. The Morgan fingerprint density at radius 2 is 2.00 bits per heavy atom. The van der Waals surface area contributed by atoms with Crippen molar-refractivity contribution < 1.29 is 14.6 Å². The lowest BCUT2D eigenvalue weighted by atomic mass is 9.95. The average Bonchev–Trinajstić information content (AvgIpc) is 2.42. The number of hydrogen-bond acceptors (Lipinski definition) is 3. The van der Waals surface area contributed by atoms with Crippen molar-refractivity contribution in [2.75, 3.05) is 13.2 Å². The van der Waals surface area contributed by atoms with Crippen molar-refractivity contribution in [3.05, 3.63) is 30.3 Å². The van der Waals surface area contributed by atoms with Crippen LogP contribution < -0.4 is 10.1 Å². The molecule has 1 rings (SSSR count). The van der Waals surface area contributed by atoms with Gasteiger partial charge in [-0.1, -0.05) is 32.0 Å². The van der Waals surface area contributed by atoms with Gasteiger partial charge in [0.15, 0.2) is 6.61 Å². The van der Waals surface area contributed by atoms with E-state index in [0.717, 1.165) is 6.42 Å². The van der Waals surface area contributed by atoms with Gasteiger partial charge in [0.25, 0.3) is 5.91 Å². The zero-order valence-electron chi connectivity index (χ0n) is 12.6. The van der Waals surface area contributed by atoms with E-state index in [9.17, 15) is 9.90 Å². The molecule has 0 aromatic heterocycles. The van der Waals surface area contributed by atoms with E-state index in [4.69, 9.17) is 4.74 Å². The van der Waals surface area contributed by atoms with E-state index >= 15 is 0 Å². The van der Waals surface area contributed by atoms with Gasteiger partial charge in [-0.3, -0.25) is 4.79 Å². The molecule has 1 aromatic carbocycles. The molecule has 1 unspecified atom stereocenters. The van der Waals surface area contributed by atoms with Gasteiger partial charge in [-0.05, 0) is 37.8 Å². The molecule has 1 amide bonds. The predicted molar refractivity (Wildman–Crippen MR) is 79.6 cm³/mol. The van der Waals surface area contributed by atoms with E-state index in [1.807, 2.05) is 18.2 Å². The third-order valence-electron chi connectivity index (χ3n) is 3.04. The molecule has 0 spiro atoms. The van der Waals surface area contributed by atoms with Crippen LogP contribution in [0.3, 0.4) is 0 Å². The van der Waals surface area contributed by atoms with Gasteiger partial charge in [0.1, 0.15) is 5.75 Å². The summed E-state index contributed by atoms with van der Waals surface area (Å²) in [6.07, 6.45) is 1.61. The topological polar surface area (TPSA) is 58.6 Å². The normalized spacial score (nSPS) is 13.8. The van der Waals surface area contributed by atoms with Gasteiger partial charge in [-0.15, -0.1) is 0 Å². The minimum atomic E-state index is -0.868. The average molecular weight is 279 g/mol. The Labute approximate surface area is 121 Å². The molecule has 0 saturated heterocycles. The molecule has 2 N–H and O–H groups in total. The number of amides is 1. The van der Waals surface area contributed by atoms with Crippen molar-refractivity contribution in [2.45, 2.75) is 39.2 Å². The van der Waals surface area contributed by atoms with Crippen LogP contribution in [0.25, 0.3) is 0 Å². The second kappa shape index (κ2) is 7.90. The Balaban J connectivity index is 2.25. The highest BCUT2D eigenvalue weighted by molar-refractivity contribution is 5.77. The molecule has 0 aliphatic rings. The fraction of sp³-hybridized carbons (Fsp3) is 0.562. The van der Waals surface area contributed by atoms with E-state index in [0.29, 0.717) is 18.1 Å². The molecule has 4 heteroatoms. The van der Waals surface area contributed by atoms with Crippen LogP contribution in [0.5, 0.6) is 5.75 Å². The summed E-state index contributed by atoms with van der Waals surface area (Å²) in [7, 11) is 0. The first-order valence-corrected chi connectivity index (χ1v) is 7.06. The number of benzene rings is 1. The molecule has 20 heavy (non-hydrogen) atoms. The lowest BCUT2D eigenvalue weighted by Gasteiger charge is -2.24. The second-order valence-corrected chi connectivity index (χ2v) is 5.81. The maximum Gasteiger partial charge on any atom is 0.258 e. The molecule has 0 aliphatic carbocycles. The zero-order valence-corrected chi connectivity index (χ0v) is 12.6. The summed E-state index contributed by atoms with van der Waals surface area (Å²) in [5.41, 5.74) is -0.868. The van der Waals surface area contributed by atoms with Gasteiger partial charge in [0, 0.05) is 6.54 Å². The monoisotopic (exact) mass is 279 g/mol. The van der Waals surface area contributed by atoms with Gasteiger partial charge in [0.05, 0.1) is 5.60 Å². The van der Waals surface area contributed by atoms with Crippen LogP contribution in [0.15, 0.2) is 30.3 Å². The predicted octanol–water partition coefficient (Wildman–Crippen LogP) is 2.37. The van der Waals surface area contributed by atoms with Crippen molar-refractivity contribution in [3.63, 3.8) is 0 Å². The Morgan fingerprint density at radius 3 is 2.60 bits per heavy atom. The number of carbonyl (C=O) groups is 1. The molecule has 0 aliphatic heterocycles. The number of nitrogens with one attached hydrogen (secondary N) is 1. The molecule has 0 bridgehead atoms. The van der Waals surface area contributed by atoms with Gasteiger partial charge in [-0.25, -0.2) is 0 Å². The van der Waals surface area contributed by atoms with E-state index in [1.165, 1.54) is 0 Å². The lowest BCUT2D eigenvalue weighted by Crippen LogP contribution is -2.42. The van der Waals surface area contributed by atoms with Crippen molar-refractivity contribution in [1.82, 2.24) is 5.32 Å². The summed E-state index contributed by atoms with van der Waals surface area (Å²) in [4.78, 5) is 11.7. The first-order chi connectivity index (χ1) is 9.39. The third-order valence-corrected chi connectivity index (χ3v) is 3.04. The van der Waals surface area contributed by atoms with Gasteiger partial charge in [0.2, 0.25) is 0 Å². The summed E-state index contributed by atoms with van der Waals surface area (Å²) in [5.74, 6) is 0.978. The second-order valence-electron chi connectivity index (χ2n) is 5.81. The number of rotatable bonds is 8. The summed E-state index contributed by atoms with van der Waals surface area (Å²) in [5, 5.41) is 12.8. The smallest absolute Gasteiger partial charge is 0.258 e. The molecule has 1 atom stereocenters. The largest absolute Gasteiger partial charge is 0.484 e. The molecule has 1 aromatic rings. The highest BCUT2D eigenvalue weighted by Crippen LogP contribution is 2.15. The van der Waals surface area contributed by atoms with E-state index in [-0.39, 0.29) is 19.1 Å². The highest BCUT2D eigenvalue weighted by atomic mass is 16.5. The van der Waals surface area contributed by atoms with Crippen LogP contribution in [0, 0.1) is 5.92 Å². The summed E-state index contributed by atoms with van der Waals surface area (Å²) in [6.45, 7) is 6.18. The van der Waals surface area contributed by atoms with Crippen molar-refractivity contribution in [2.24, 2.45) is 5.92 Å². The van der Waals surface area contributed by atoms with Crippen LogP contribution in [0.1, 0.15) is 33.6 Å². The van der Waals surface area contributed by atoms with Crippen LogP contribution in [0.2, 0.25) is 0 Å². The maximum atomic E-state index is 11.7. The lowest BCUT2D eigenvalue weighted by molar-refractivity contribution is -0.124. The first-order valence-electron chi connectivity index (χ1n) is 7.06. The first kappa shape index (κ1) is 16.5. The van der Waals surface area contributed by atoms with E-state index in [1.54, 1.807) is 19.1 Å². The SMILES string of the molecule is CC(C)CCC(C)(O)CNC(=O)COc1ccccc1. The van der Waals surface area contributed by atoms with Crippen LogP contribution in [0.4, 0.5) is 0 Å². The van der Waals surface area contributed by atoms with Crippen molar-refractivity contribution in [1.29, 1.82) is 0 Å². The van der Waals surface area contributed by atoms with Crippen LogP contribution in [-0.4, -0.2) is 29.8 Å². The Hall–Kier alpha value is -1.55. The fourth-order valence-electron chi connectivity index (χ4n) is 1.69. The minimum Gasteiger partial charge on any atom is -0.484 e. The molecule has 4 nitrogen and oxygen atoms in total. The standard InChI is InChI=1S/C16H25NO3/c1-13(2)9-10-16(3,19)12-17-15(18)11-20-14-7-5-4-6-8-14/h4-8,13,19H,9-12H2,1-3H3,(H,17,18). The quantitative estimate of drug-likeness (QED) is 0.768. The number of para-hydroxylation sites is 1. The Bertz CT molecular complexity index is 401. The number of ether oxygens (including phenoxy) is 1. The molecule has 0 fully saturated rings.